The number of imidazole rings is 1. The molecule has 5 rings (SSSR count). The van der Waals surface area contributed by atoms with Gasteiger partial charge in [-0.05, 0) is 12.1 Å². The zero-order valence-electron chi connectivity index (χ0n) is 16.7. The number of allylic oxidation sites excluding steroid dienone is 1. The molecule has 0 atom stereocenters. The molecule has 3 heterocycles. The lowest BCUT2D eigenvalue weighted by molar-refractivity contribution is 0.414. The van der Waals surface area contributed by atoms with Gasteiger partial charge in [0.2, 0.25) is 0 Å². The third kappa shape index (κ3) is 2.24. The van der Waals surface area contributed by atoms with E-state index in [1.807, 2.05) is 30.3 Å². The topological polar surface area (TPSA) is 97.6 Å². The Hall–Kier alpha value is -4.07. The average Bonchev–Trinajstić information content (AvgIpc) is 2.92. The van der Waals surface area contributed by atoms with Crippen molar-refractivity contribution in [1.29, 1.82) is 5.41 Å². The molecule has 8 nitrogen and oxygen atoms in total. The van der Waals surface area contributed by atoms with Gasteiger partial charge in [0.15, 0.2) is 11.2 Å². The molecule has 0 aliphatic rings. The first-order chi connectivity index (χ1) is 14.6. The van der Waals surface area contributed by atoms with E-state index in [1.54, 1.807) is 42.6 Å². The molecule has 0 aliphatic heterocycles. The summed E-state index contributed by atoms with van der Waals surface area (Å²) in [6.45, 7) is 0. The van der Waals surface area contributed by atoms with Crippen molar-refractivity contribution in [2.24, 2.45) is 7.05 Å². The highest BCUT2D eigenvalue weighted by Gasteiger charge is 2.23. The van der Waals surface area contributed by atoms with Crippen LogP contribution >= 0.6 is 0 Å². The molecule has 0 aliphatic carbocycles. The zero-order chi connectivity index (χ0) is 21.0. The van der Waals surface area contributed by atoms with Crippen LogP contribution in [-0.4, -0.2) is 34.3 Å². The standard InChI is InChI=1S/C22H19N5O3/c1-24-10-12(9-23)18-17(29-3)8-13-19-20-15(11-25-13)26(2)22(28)27(20)14-6-4-5-7-16(14)30-21(18)19/h4-11,23-24H,1-3H3/b12-10+,23-9?. The lowest BCUT2D eigenvalue weighted by Crippen LogP contribution is -2.17. The molecule has 0 radical (unpaired) electrons. The quantitative estimate of drug-likeness (QED) is 0.450. The third-order valence-electron chi connectivity index (χ3n) is 5.38. The van der Waals surface area contributed by atoms with Gasteiger partial charge in [-0.25, -0.2) is 4.79 Å². The Balaban J connectivity index is 2.22. The number of para-hydroxylation sites is 2. The van der Waals surface area contributed by atoms with Crippen LogP contribution in [0.25, 0.3) is 44.2 Å². The molecule has 0 amide bonds. The number of fused-ring (bicyclic) bond motifs is 2. The fraction of sp³-hybridized carbons (Fsp3) is 0.136. The number of hydrogen-bond acceptors (Lipinski definition) is 6. The first kappa shape index (κ1) is 18.0. The van der Waals surface area contributed by atoms with E-state index >= 15 is 0 Å². The number of aromatic nitrogens is 3. The summed E-state index contributed by atoms with van der Waals surface area (Å²) in [7, 11) is 5.06. The minimum Gasteiger partial charge on any atom is -0.496 e. The number of aryl methyl sites for hydroxylation is 1. The highest BCUT2D eigenvalue weighted by Crippen LogP contribution is 2.39. The summed E-state index contributed by atoms with van der Waals surface area (Å²) in [5, 5.41) is 11.6. The number of nitrogens with one attached hydrogen (secondary N) is 2. The van der Waals surface area contributed by atoms with Gasteiger partial charge in [0.25, 0.3) is 0 Å². The van der Waals surface area contributed by atoms with Crippen LogP contribution in [0.1, 0.15) is 5.56 Å². The first-order valence-electron chi connectivity index (χ1n) is 9.37. The van der Waals surface area contributed by atoms with E-state index in [1.165, 1.54) is 6.21 Å². The maximum Gasteiger partial charge on any atom is 0.333 e. The Labute approximate surface area is 170 Å². The van der Waals surface area contributed by atoms with Crippen LogP contribution in [-0.2, 0) is 7.05 Å². The summed E-state index contributed by atoms with van der Waals surface area (Å²) < 4.78 is 15.3. The lowest BCUT2D eigenvalue weighted by Gasteiger charge is -2.12. The number of ether oxygens (including phenoxy) is 1. The summed E-state index contributed by atoms with van der Waals surface area (Å²) in [6, 6.07) is 9.21. The Morgan fingerprint density at radius 2 is 2.10 bits per heavy atom. The number of pyridine rings is 1. The maximum atomic E-state index is 13.2. The van der Waals surface area contributed by atoms with Gasteiger partial charge in [0.1, 0.15) is 5.75 Å². The van der Waals surface area contributed by atoms with Gasteiger partial charge in [0.05, 0.1) is 46.3 Å². The van der Waals surface area contributed by atoms with Gasteiger partial charge in [-0.15, -0.1) is 0 Å². The molecule has 0 saturated carbocycles. The second-order valence-corrected chi connectivity index (χ2v) is 6.95. The number of hydrogen-bond donors (Lipinski definition) is 2. The van der Waals surface area contributed by atoms with Gasteiger partial charge in [0, 0.05) is 38.1 Å². The number of nitrogens with zero attached hydrogens (tertiary/aromatic N) is 3. The largest absolute Gasteiger partial charge is 0.496 e. The number of rotatable bonds is 4. The summed E-state index contributed by atoms with van der Waals surface area (Å²) in [5.41, 5.74) is 4.73. The van der Waals surface area contributed by atoms with Crippen LogP contribution in [0.15, 0.2) is 51.9 Å². The van der Waals surface area contributed by atoms with E-state index in [0.717, 1.165) is 0 Å². The number of benzene rings is 2. The van der Waals surface area contributed by atoms with Gasteiger partial charge in [-0.1, -0.05) is 12.1 Å². The second kappa shape index (κ2) is 6.48. The van der Waals surface area contributed by atoms with Crippen molar-refractivity contribution in [2.45, 2.75) is 0 Å². The average molecular weight is 401 g/mol. The molecule has 0 fully saturated rings. The molecule has 8 heteroatoms. The van der Waals surface area contributed by atoms with Crippen LogP contribution in [0.3, 0.4) is 0 Å². The van der Waals surface area contributed by atoms with Crippen molar-refractivity contribution in [3.63, 3.8) is 0 Å². The molecule has 0 spiro atoms. The highest BCUT2D eigenvalue weighted by atomic mass is 16.5. The monoisotopic (exact) mass is 401 g/mol. The third-order valence-corrected chi connectivity index (χ3v) is 5.38. The van der Waals surface area contributed by atoms with Gasteiger partial charge >= 0.3 is 5.69 Å². The summed E-state index contributed by atoms with van der Waals surface area (Å²) in [4.78, 5) is 17.7. The fourth-order valence-electron chi connectivity index (χ4n) is 4.03. The molecular weight excluding hydrogens is 382 g/mol. The molecule has 5 aromatic rings. The second-order valence-electron chi connectivity index (χ2n) is 6.95. The van der Waals surface area contributed by atoms with Gasteiger partial charge < -0.3 is 19.9 Å². The maximum absolute atomic E-state index is 13.2. The Morgan fingerprint density at radius 3 is 2.83 bits per heavy atom. The molecule has 30 heavy (non-hydrogen) atoms. The van der Waals surface area contributed by atoms with Crippen molar-refractivity contribution in [1.82, 2.24) is 19.3 Å². The van der Waals surface area contributed by atoms with Crippen molar-refractivity contribution < 1.29 is 9.15 Å². The SMILES string of the molecule is CN/C=C(\C=N)c1c(OC)cc2ncc3c4c2c1oc1ccccc1n4c(=O)n3C. The molecule has 2 aromatic carbocycles. The van der Waals surface area contributed by atoms with E-state index in [0.29, 0.717) is 55.5 Å². The van der Waals surface area contributed by atoms with Crippen LogP contribution in [0, 0.1) is 5.41 Å². The molecular formula is C22H19N5O3. The Kier molecular flexibility index (Phi) is 3.89. The zero-order valence-corrected chi connectivity index (χ0v) is 16.7. The van der Waals surface area contributed by atoms with Crippen molar-refractivity contribution in [3.8, 4) is 5.75 Å². The first-order valence-corrected chi connectivity index (χ1v) is 9.37. The summed E-state index contributed by atoms with van der Waals surface area (Å²) >= 11 is 0. The lowest BCUT2D eigenvalue weighted by atomic mass is 10.0. The molecule has 2 N–H and O–H groups in total. The van der Waals surface area contributed by atoms with Crippen molar-refractivity contribution in [3.05, 3.63) is 58.8 Å². The molecule has 150 valence electrons. The van der Waals surface area contributed by atoms with Crippen LogP contribution < -0.4 is 15.7 Å². The summed E-state index contributed by atoms with van der Waals surface area (Å²) in [5.74, 6) is 0.526. The predicted octanol–water partition coefficient (Wildman–Crippen LogP) is 3.30. The van der Waals surface area contributed by atoms with Gasteiger partial charge in [-0.3, -0.25) is 14.0 Å². The predicted molar refractivity (Wildman–Crippen MR) is 118 cm³/mol. The molecule has 3 aromatic heterocycles. The Morgan fingerprint density at radius 1 is 1.30 bits per heavy atom. The van der Waals surface area contributed by atoms with Crippen molar-refractivity contribution >= 4 is 50.4 Å². The molecule has 0 unspecified atom stereocenters. The fourth-order valence-corrected chi connectivity index (χ4v) is 4.03. The van der Waals surface area contributed by atoms with E-state index in [9.17, 15) is 4.79 Å². The van der Waals surface area contributed by atoms with Crippen LogP contribution in [0.4, 0.5) is 0 Å². The minimum atomic E-state index is -0.182. The molecule has 0 saturated heterocycles. The van der Waals surface area contributed by atoms with Gasteiger partial charge in [-0.2, -0.15) is 0 Å². The van der Waals surface area contributed by atoms with E-state index in [4.69, 9.17) is 14.6 Å². The van der Waals surface area contributed by atoms with E-state index in [2.05, 4.69) is 10.3 Å². The van der Waals surface area contributed by atoms with Crippen LogP contribution in [0.2, 0.25) is 0 Å². The van der Waals surface area contributed by atoms with E-state index < -0.39 is 0 Å². The summed E-state index contributed by atoms with van der Waals surface area (Å²) in [6.07, 6.45) is 4.63. The smallest absolute Gasteiger partial charge is 0.333 e. The minimum absolute atomic E-state index is 0.182. The van der Waals surface area contributed by atoms with Crippen LogP contribution in [0.5, 0.6) is 5.75 Å². The molecule has 0 bridgehead atoms. The van der Waals surface area contributed by atoms with E-state index in [-0.39, 0.29) is 5.69 Å². The normalized spacial score (nSPS) is 12.3. The number of methoxy groups -OCH3 is 1. The van der Waals surface area contributed by atoms with Crippen molar-refractivity contribution in [2.75, 3.05) is 14.2 Å². The Bertz CT molecular complexity index is 1570. The highest BCUT2D eigenvalue weighted by molar-refractivity contribution is 6.20.